The van der Waals surface area contributed by atoms with E-state index in [1.807, 2.05) is 0 Å². The first-order valence-electron chi connectivity index (χ1n) is 1.91. The molecule has 1 radical (unpaired) electrons. The van der Waals surface area contributed by atoms with E-state index in [1.54, 1.807) is 0 Å². The van der Waals surface area contributed by atoms with E-state index in [2.05, 4.69) is 0 Å². The van der Waals surface area contributed by atoms with E-state index in [4.69, 9.17) is 10.2 Å². The zero-order valence-electron chi connectivity index (χ0n) is 4.00. The monoisotopic (exact) mass is 141 g/mol. The van der Waals surface area contributed by atoms with Crippen LogP contribution in [0, 0.1) is 6.42 Å². The molecule has 5 heteroatoms. The molecule has 0 aromatic rings. The predicted molar refractivity (Wildman–Crippen MR) is 31.3 cm³/mol. The van der Waals surface area contributed by atoms with Crippen LogP contribution < -0.4 is 0 Å². The van der Waals surface area contributed by atoms with Crippen molar-refractivity contribution in [3.05, 3.63) is 6.42 Å². The summed E-state index contributed by atoms with van der Waals surface area (Å²) in [7, 11) is 0. The molecule has 0 saturated heterocycles. The summed E-state index contributed by atoms with van der Waals surface area (Å²) in [5.74, 6) is -2.33. The average Bonchev–Trinajstić information content (AvgIpc) is 1.61. The molecule has 0 bridgehead atoms. The van der Waals surface area contributed by atoms with Gasteiger partial charge in [0, 0.05) is 0 Å². The molecule has 2 N–H and O–H groups in total. The van der Waals surface area contributed by atoms with Gasteiger partial charge < -0.3 is 10.2 Å². The second-order valence-corrected chi connectivity index (χ2v) is 1.14. The Labute approximate surface area is 74.2 Å². The number of rotatable bonds is 3. The molecule has 0 aliphatic heterocycles. The van der Waals surface area contributed by atoms with E-state index in [9.17, 15) is 9.59 Å². The molecule has 9 heavy (non-hydrogen) atoms. The standard InChI is InChI=1S/C4H5O4.Na.H/c5-3(6)1-2-4(7)8;;/h1H,2H2,(H,5,6)(H,7,8);;. The summed E-state index contributed by atoms with van der Waals surface area (Å²) in [6.07, 6.45) is 0.262. The Kier molecular flexibility index (Phi) is 7.89. The van der Waals surface area contributed by atoms with Crippen LogP contribution in [0.2, 0.25) is 0 Å². The van der Waals surface area contributed by atoms with Crippen molar-refractivity contribution in [2.45, 2.75) is 6.42 Å². The van der Waals surface area contributed by atoms with E-state index in [0.29, 0.717) is 6.42 Å². The summed E-state index contributed by atoms with van der Waals surface area (Å²) < 4.78 is 0. The zero-order chi connectivity index (χ0) is 6.57. The summed E-state index contributed by atoms with van der Waals surface area (Å²) in [6, 6.07) is 0. The number of carboxylic acid groups (broad SMARTS) is 2. The molecule has 4 nitrogen and oxygen atoms in total. The second kappa shape index (κ2) is 6.07. The molecule has 0 aromatic heterocycles. The van der Waals surface area contributed by atoms with Crippen molar-refractivity contribution in [1.82, 2.24) is 0 Å². The first kappa shape index (κ1) is 11.7. The van der Waals surface area contributed by atoms with E-state index in [-0.39, 0.29) is 29.6 Å². The van der Waals surface area contributed by atoms with Gasteiger partial charge in [0.2, 0.25) is 0 Å². The van der Waals surface area contributed by atoms with Gasteiger partial charge in [-0.25, -0.2) is 0 Å². The van der Waals surface area contributed by atoms with Gasteiger partial charge in [0.05, 0.1) is 12.8 Å². The molecule has 0 heterocycles. The third kappa shape index (κ3) is 11.5. The Morgan fingerprint density at radius 2 is 1.78 bits per heavy atom. The van der Waals surface area contributed by atoms with Crippen molar-refractivity contribution in [2.24, 2.45) is 0 Å². The fourth-order valence-electron chi connectivity index (χ4n) is 0.175. The molecule has 0 amide bonds. The molecular formula is C4H6NaO4. The molecule has 0 aliphatic rings. The molecule has 0 spiro atoms. The fraction of sp³-hybridized carbons (Fsp3) is 0.250. The normalized spacial score (nSPS) is 7.56. The van der Waals surface area contributed by atoms with Gasteiger partial charge in [-0.2, -0.15) is 0 Å². The van der Waals surface area contributed by atoms with Crippen LogP contribution in [0.1, 0.15) is 6.42 Å². The SMILES string of the molecule is O=C(O)[CH]CC(=O)O.[NaH]. The maximum absolute atomic E-state index is 9.61. The van der Waals surface area contributed by atoms with Crippen molar-refractivity contribution < 1.29 is 19.8 Å². The topological polar surface area (TPSA) is 74.6 Å². The Balaban J connectivity index is 0. The molecule has 0 rings (SSSR count). The van der Waals surface area contributed by atoms with Crippen molar-refractivity contribution in [1.29, 1.82) is 0 Å². The average molecular weight is 141 g/mol. The molecule has 47 valence electrons. The predicted octanol–water partition coefficient (Wildman–Crippen LogP) is -0.899. The van der Waals surface area contributed by atoms with Crippen LogP contribution in [-0.4, -0.2) is 51.7 Å². The number of aliphatic carboxylic acids is 2. The van der Waals surface area contributed by atoms with E-state index < -0.39 is 18.4 Å². The second-order valence-electron chi connectivity index (χ2n) is 1.14. The number of hydrogen-bond acceptors (Lipinski definition) is 2. The Hall–Kier alpha value is -0.0600. The third-order valence-electron chi connectivity index (χ3n) is 0.451. The van der Waals surface area contributed by atoms with Crippen LogP contribution in [-0.2, 0) is 9.59 Å². The maximum atomic E-state index is 9.61. The number of hydrogen-bond donors (Lipinski definition) is 2. The van der Waals surface area contributed by atoms with Crippen molar-refractivity contribution in [2.75, 3.05) is 0 Å². The molecule has 0 aliphatic carbocycles. The van der Waals surface area contributed by atoms with Crippen LogP contribution >= 0.6 is 0 Å². The Bertz CT molecular complexity index is 97.1. The fourth-order valence-corrected chi connectivity index (χ4v) is 0.175. The van der Waals surface area contributed by atoms with Crippen LogP contribution in [0.3, 0.4) is 0 Å². The van der Waals surface area contributed by atoms with Gasteiger partial charge in [-0.1, -0.05) is 0 Å². The minimum atomic E-state index is -1.20. The van der Waals surface area contributed by atoms with Gasteiger partial charge >= 0.3 is 41.5 Å². The van der Waals surface area contributed by atoms with Gasteiger partial charge in [-0.15, -0.1) is 0 Å². The molecule has 0 saturated carbocycles. The van der Waals surface area contributed by atoms with Crippen LogP contribution in [0.5, 0.6) is 0 Å². The number of carboxylic acids is 2. The summed E-state index contributed by atoms with van der Waals surface area (Å²) in [6.45, 7) is 0. The summed E-state index contributed by atoms with van der Waals surface area (Å²) in [5, 5.41) is 15.7. The number of carbonyl (C=O) groups is 2. The molecule has 0 fully saturated rings. The van der Waals surface area contributed by atoms with E-state index in [1.165, 1.54) is 0 Å². The molecule has 0 aromatic carbocycles. The minimum absolute atomic E-state index is 0. The van der Waals surface area contributed by atoms with Gasteiger partial charge in [-0.05, 0) is 0 Å². The summed E-state index contributed by atoms with van der Waals surface area (Å²) in [5.41, 5.74) is 0. The Morgan fingerprint density at radius 1 is 1.33 bits per heavy atom. The quantitative estimate of drug-likeness (QED) is 0.499. The summed E-state index contributed by atoms with van der Waals surface area (Å²) >= 11 is 0. The van der Waals surface area contributed by atoms with E-state index >= 15 is 0 Å². The van der Waals surface area contributed by atoms with Gasteiger partial charge in [0.15, 0.2) is 0 Å². The third-order valence-corrected chi connectivity index (χ3v) is 0.451. The van der Waals surface area contributed by atoms with Crippen molar-refractivity contribution in [3.8, 4) is 0 Å². The van der Waals surface area contributed by atoms with Crippen LogP contribution in [0.4, 0.5) is 0 Å². The van der Waals surface area contributed by atoms with Crippen LogP contribution in [0.15, 0.2) is 0 Å². The zero-order valence-corrected chi connectivity index (χ0v) is 4.00. The molecular weight excluding hydrogens is 135 g/mol. The summed E-state index contributed by atoms with van der Waals surface area (Å²) in [4.78, 5) is 19.2. The first-order valence-corrected chi connectivity index (χ1v) is 1.91. The van der Waals surface area contributed by atoms with Crippen LogP contribution in [0.25, 0.3) is 0 Å². The van der Waals surface area contributed by atoms with Crippen molar-refractivity contribution in [3.63, 3.8) is 0 Å². The molecule has 0 unspecified atom stereocenters. The van der Waals surface area contributed by atoms with Gasteiger partial charge in [0.25, 0.3) is 0 Å². The van der Waals surface area contributed by atoms with Gasteiger partial charge in [-0.3, -0.25) is 9.59 Å². The van der Waals surface area contributed by atoms with Crippen molar-refractivity contribution >= 4 is 41.5 Å². The van der Waals surface area contributed by atoms with E-state index in [0.717, 1.165) is 0 Å². The first-order chi connectivity index (χ1) is 3.63. The Morgan fingerprint density at radius 3 is 1.89 bits per heavy atom. The molecule has 0 atom stereocenters. The van der Waals surface area contributed by atoms with Gasteiger partial charge in [0.1, 0.15) is 0 Å².